The second-order valence-corrected chi connectivity index (χ2v) is 6.01. The van der Waals surface area contributed by atoms with Crippen molar-refractivity contribution >= 4 is 5.69 Å². The highest BCUT2D eigenvalue weighted by Gasteiger charge is 2.24. The molecule has 1 atom stereocenters. The average molecular weight is 259 g/mol. The maximum atomic E-state index is 3.47. The van der Waals surface area contributed by atoms with Gasteiger partial charge in [-0.05, 0) is 56.6 Å². The van der Waals surface area contributed by atoms with E-state index in [2.05, 4.69) is 47.4 Å². The van der Waals surface area contributed by atoms with Crippen LogP contribution in [0.25, 0.3) is 0 Å². The predicted molar refractivity (Wildman–Crippen MR) is 80.8 cm³/mol. The molecule has 104 valence electrons. The molecule has 2 aliphatic heterocycles. The molecule has 3 rings (SSSR count). The van der Waals surface area contributed by atoms with Crippen molar-refractivity contribution < 1.29 is 0 Å². The molecule has 0 amide bonds. The molecule has 0 saturated carbocycles. The first-order valence-electron chi connectivity index (χ1n) is 7.48. The normalized spacial score (nSPS) is 24.0. The maximum absolute atomic E-state index is 3.47. The van der Waals surface area contributed by atoms with Gasteiger partial charge >= 0.3 is 0 Å². The lowest BCUT2D eigenvalue weighted by Crippen LogP contribution is -2.45. The highest BCUT2D eigenvalue weighted by Crippen LogP contribution is 2.29. The quantitative estimate of drug-likeness (QED) is 0.874. The molecule has 3 heteroatoms. The van der Waals surface area contributed by atoms with E-state index in [4.69, 9.17) is 0 Å². The molecule has 0 aromatic heterocycles. The molecule has 1 N–H and O–H groups in total. The SMILES string of the molecule is CN1CCCC(N(C)c2cccc3c2CCNC3)C1. The molecule has 1 fully saturated rings. The average Bonchev–Trinajstić information content (AvgIpc) is 2.46. The zero-order chi connectivity index (χ0) is 13.2. The van der Waals surface area contributed by atoms with Crippen molar-refractivity contribution in [1.82, 2.24) is 10.2 Å². The summed E-state index contributed by atoms with van der Waals surface area (Å²) in [6.07, 6.45) is 3.81. The fraction of sp³-hybridized carbons (Fsp3) is 0.625. The van der Waals surface area contributed by atoms with Gasteiger partial charge in [0.1, 0.15) is 0 Å². The van der Waals surface area contributed by atoms with Crippen LogP contribution in [0.15, 0.2) is 18.2 Å². The summed E-state index contributed by atoms with van der Waals surface area (Å²) in [5.74, 6) is 0. The molecule has 1 unspecified atom stereocenters. The number of anilines is 1. The van der Waals surface area contributed by atoms with Gasteiger partial charge in [-0.25, -0.2) is 0 Å². The summed E-state index contributed by atoms with van der Waals surface area (Å²) < 4.78 is 0. The van der Waals surface area contributed by atoms with E-state index in [1.165, 1.54) is 43.6 Å². The van der Waals surface area contributed by atoms with Crippen LogP contribution < -0.4 is 10.2 Å². The largest absolute Gasteiger partial charge is 0.370 e. The molecule has 1 aromatic rings. The maximum Gasteiger partial charge on any atom is 0.0414 e. The van der Waals surface area contributed by atoms with Crippen molar-refractivity contribution in [3.63, 3.8) is 0 Å². The zero-order valence-electron chi connectivity index (χ0n) is 12.2. The fourth-order valence-electron chi connectivity index (χ4n) is 3.49. The summed E-state index contributed by atoms with van der Waals surface area (Å²) in [5, 5.41) is 3.47. The summed E-state index contributed by atoms with van der Waals surface area (Å²) in [6.45, 7) is 4.59. The van der Waals surface area contributed by atoms with E-state index in [0.29, 0.717) is 6.04 Å². The van der Waals surface area contributed by atoms with Crippen molar-refractivity contribution in [3.8, 4) is 0 Å². The Labute approximate surface area is 116 Å². The van der Waals surface area contributed by atoms with Gasteiger partial charge in [0.2, 0.25) is 0 Å². The first-order chi connectivity index (χ1) is 9.25. The van der Waals surface area contributed by atoms with Crippen LogP contribution in [-0.4, -0.2) is 44.7 Å². The Morgan fingerprint density at radius 2 is 2.26 bits per heavy atom. The minimum atomic E-state index is 0.667. The van der Waals surface area contributed by atoms with Gasteiger partial charge in [-0.2, -0.15) is 0 Å². The monoisotopic (exact) mass is 259 g/mol. The minimum absolute atomic E-state index is 0.667. The van der Waals surface area contributed by atoms with E-state index in [-0.39, 0.29) is 0 Å². The number of likely N-dealkylation sites (tertiary alicyclic amines) is 1. The third kappa shape index (κ3) is 2.63. The molecule has 1 aromatic carbocycles. The Balaban J connectivity index is 1.84. The van der Waals surface area contributed by atoms with Gasteiger partial charge in [0, 0.05) is 31.9 Å². The van der Waals surface area contributed by atoms with E-state index < -0.39 is 0 Å². The van der Waals surface area contributed by atoms with Crippen LogP contribution in [0.4, 0.5) is 5.69 Å². The fourth-order valence-corrected chi connectivity index (χ4v) is 3.49. The smallest absolute Gasteiger partial charge is 0.0414 e. The number of piperidine rings is 1. The molecular weight excluding hydrogens is 234 g/mol. The van der Waals surface area contributed by atoms with Gasteiger partial charge in [0.05, 0.1) is 0 Å². The van der Waals surface area contributed by atoms with E-state index in [0.717, 1.165) is 13.1 Å². The molecule has 1 saturated heterocycles. The lowest BCUT2D eigenvalue weighted by molar-refractivity contribution is 0.248. The number of hydrogen-bond donors (Lipinski definition) is 1. The molecule has 2 aliphatic rings. The van der Waals surface area contributed by atoms with Gasteiger partial charge in [-0.3, -0.25) is 0 Å². The standard InChI is InChI=1S/C16H25N3/c1-18-10-4-6-14(12-18)19(2)16-7-3-5-13-11-17-9-8-15(13)16/h3,5,7,14,17H,4,6,8-12H2,1-2H3. The van der Waals surface area contributed by atoms with Crippen molar-refractivity contribution in [2.75, 3.05) is 38.6 Å². The minimum Gasteiger partial charge on any atom is -0.370 e. The molecule has 19 heavy (non-hydrogen) atoms. The zero-order valence-corrected chi connectivity index (χ0v) is 12.2. The van der Waals surface area contributed by atoms with Crippen LogP contribution in [0.3, 0.4) is 0 Å². The highest BCUT2D eigenvalue weighted by atomic mass is 15.2. The molecular formula is C16H25N3. The highest BCUT2D eigenvalue weighted by molar-refractivity contribution is 5.58. The Morgan fingerprint density at radius 1 is 1.37 bits per heavy atom. The molecule has 0 spiro atoms. The number of nitrogens with zero attached hydrogens (tertiary/aromatic N) is 2. The van der Waals surface area contributed by atoms with Gasteiger partial charge in [0.25, 0.3) is 0 Å². The third-order valence-electron chi connectivity index (χ3n) is 4.64. The van der Waals surface area contributed by atoms with Crippen LogP contribution in [0.1, 0.15) is 24.0 Å². The van der Waals surface area contributed by atoms with Gasteiger partial charge in [-0.1, -0.05) is 12.1 Å². The number of hydrogen-bond acceptors (Lipinski definition) is 3. The van der Waals surface area contributed by atoms with Crippen molar-refractivity contribution in [2.24, 2.45) is 0 Å². The second-order valence-electron chi connectivity index (χ2n) is 6.01. The lowest BCUT2D eigenvalue weighted by Gasteiger charge is -2.38. The van der Waals surface area contributed by atoms with E-state index >= 15 is 0 Å². The summed E-state index contributed by atoms with van der Waals surface area (Å²) in [7, 11) is 4.52. The summed E-state index contributed by atoms with van der Waals surface area (Å²) in [4.78, 5) is 4.99. The number of likely N-dealkylation sites (N-methyl/N-ethyl adjacent to an activating group) is 2. The number of rotatable bonds is 2. The molecule has 0 aliphatic carbocycles. The van der Waals surface area contributed by atoms with Crippen molar-refractivity contribution in [1.29, 1.82) is 0 Å². The molecule has 2 heterocycles. The van der Waals surface area contributed by atoms with Crippen LogP contribution in [-0.2, 0) is 13.0 Å². The van der Waals surface area contributed by atoms with Crippen LogP contribution in [0, 0.1) is 0 Å². The van der Waals surface area contributed by atoms with Gasteiger partial charge in [-0.15, -0.1) is 0 Å². The first kappa shape index (κ1) is 12.9. The number of fused-ring (bicyclic) bond motifs is 1. The van der Waals surface area contributed by atoms with E-state index in [1.54, 1.807) is 5.56 Å². The third-order valence-corrected chi connectivity index (χ3v) is 4.64. The summed E-state index contributed by atoms with van der Waals surface area (Å²) >= 11 is 0. The van der Waals surface area contributed by atoms with E-state index in [1.807, 2.05) is 0 Å². The van der Waals surface area contributed by atoms with Gasteiger partial charge in [0.15, 0.2) is 0 Å². The van der Waals surface area contributed by atoms with Gasteiger partial charge < -0.3 is 15.1 Å². The Morgan fingerprint density at radius 3 is 3.11 bits per heavy atom. The Kier molecular flexibility index (Phi) is 3.76. The predicted octanol–water partition coefficient (Wildman–Crippen LogP) is 1.86. The number of benzene rings is 1. The molecule has 0 bridgehead atoms. The molecule has 0 radical (unpaired) electrons. The first-order valence-corrected chi connectivity index (χ1v) is 7.48. The van der Waals surface area contributed by atoms with E-state index in [9.17, 15) is 0 Å². The van der Waals surface area contributed by atoms with Crippen molar-refractivity contribution in [3.05, 3.63) is 29.3 Å². The Bertz CT molecular complexity index is 444. The number of nitrogens with one attached hydrogen (secondary N) is 1. The van der Waals surface area contributed by atoms with Crippen molar-refractivity contribution in [2.45, 2.75) is 31.8 Å². The summed E-state index contributed by atoms with van der Waals surface area (Å²) in [5.41, 5.74) is 4.51. The lowest BCUT2D eigenvalue weighted by atomic mass is 9.96. The second kappa shape index (κ2) is 5.51. The summed E-state index contributed by atoms with van der Waals surface area (Å²) in [6, 6.07) is 7.45. The topological polar surface area (TPSA) is 18.5 Å². The van der Waals surface area contributed by atoms with Crippen LogP contribution >= 0.6 is 0 Å². The van der Waals surface area contributed by atoms with Crippen LogP contribution in [0.2, 0.25) is 0 Å². The Hall–Kier alpha value is -1.06. The molecule has 3 nitrogen and oxygen atoms in total. The van der Waals surface area contributed by atoms with Crippen LogP contribution in [0.5, 0.6) is 0 Å².